The summed E-state index contributed by atoms with van der Waals surface area (Å²) in [5.41, 5.74) is 6.15. The molecule has 11 heteroatoms. The van der Waals surface area contributed by atoms with Crippen LogP contribution < -0.4 is 9.47 Å². The quantitative estimate of drug-likeness (QED) is 0.118. The molecule has 5 aromatic carbocycles. The molecule has 0 saturated carbocycles. The minimum absolute atomic E-state index is 0.0285. The first-order valence-corrected chi connectivity index (χ1v) is 20.5. The van der Waals surface area contributed by atoms with Crippen molar-refractivity contribution in [3.63, 3.8) is 0 Å². The minimum Gasteiger partial charge on any atom is -0.474 e. The fourth-order valence-electron chi connectivity index (χ4n) is 6.08. The standard InChI is InChI=1S/C27H28N2O4S.C20H21FN2O/c1-19-9-15-22(16-10-19)34(30,31)33-25(20-11-13-21(14-12-20)27(2,3)4)17-32-26-23-7-5-6-8-24(23)28-18-29-26;1-20(2,3)15-10-8-14(9-11-15)17(21)12-24-19-16-6-4-5-7-18(16)22-13-23-19/h5-16,18,25H,17H2,1-4H3;4-11,13,17H,12H2,1-3H3. The molecule has 2 heterocycles. The molecule has 0 fully saturated rings. The summed E-state index contributed by atoms with van der Waals surface area (Å²) < 4.78 is 57.9. The number of nitrogens with zero attached hydrogens (tertiary/aromatic N) is 4. The summed E-state index contributed by atoms with van der Waals surface area (Å²) in [4.78, 5) is 16.9. The van der Waals surface area contributed by atoms with Gasteiger partial charge in [-0.2, -0.15) is 8.42 Å². The number of hydrogen-bond donors (Lipinski definition) is 0. The van der Waals surface area contributed by atoms with Gasteiger partial charge in [0.2, 0.25) is 11.8 Å². The van der Waals surface area contributed by atoms with Gasteiger partial charge in [-0.15, -0.1) is 0 Å². The van der Waals surface area contributed by atoms with E-state index >= 15 is 0 Å². The highest BCUT2D eigenvalue weighted by atomic mass is 32.2. The van der Waals surface area contributed by atoms with Crippen molar-refractivity contribution in [3.05, 3.63) is 162 Å². The Morgan fingerprint density at radius 3 is 1.50 bits per heavy atom. The van der Waals surface area contributed by atoms with Gasteiger partial charge in [-0.05, 0) is 76.4 Å². The number of aryl methyl sites for hydroxylation is 1. The Morgan fingerprint density at radius 1 is 0.569 bits per heavy atom. The number of alkyl halides is 1. The number of aromatic nitrogens is 4. The molecule has 0 N–H and O–H groups in total. The predicted molar refractivity (Wildman–Crippen MR) is 226 cm³/mol. The smallest absolute Gasteiger partial charge is 0.297 e. The Hall–Kier alpha value is -5.78. The number of halogens is 1. The second-order valence-electron chi connectivity index (χ2n) is 16.1. The summed E-state index contributed by atoms with van der Waals surface area (Å²) in [5.74, 6) is 0.785. The van der Waals surface area contributed by atoms with Crippen molar-refractivity contribution in [2.75, 3.05) is 13.2 Å². The van der Waals surface area contributed by atoms with Crippen LogP contribution in [0.25, 0.3) is 21.8 Å². The maximum absolute atomic E-state index is 14.5. The normalized spacial score (nSPS) is 13.0. The fourth-order valence-corrected chi connectivity index (χ4v) is 7.13. The Morgan fingerprint density at radius 2 is 1.02 bits per heavy atom. The van der Waals surface area contributed by atoms with E-state index in [2.05, 4.69) is 61.5 Å². The fraction of sp³-hybridized carbons (Fsp3) is 0.277. The molecule has 300 valence electrons. The second kappa shape index (κ2) is 17.8. The molecule has 58 heavy (non-hydrogen) atoms. The molecule has 0 aliphatic carbocycles. The summed E-state index contributed by atoms with van der Waals surface area (Å²) in [6, 6.07) is 36.9. The Balaban J connectivity index is 0.000000208. The monoisotopic (exact) mass is 800 g/mol. The van der Waals surface area contributed by atoms with Crippen molar-refractivity contribution in [1.29, 1.82) is 0 Å². The highest BCUT2D eigenvalue weighted by Gasteiger charge is 2.26. The molecule has 2 unspecified atom stereocenters. The highest BCUT2D eigenvalue weighted by molar-refractivity contribution is 7.86. The third-order valence-corrected chi connectivity index (χ3v) is 10.9. The molecule has 0 aliphatic rings. The second-order valence-corrected chi connectivity index (χ2v) is 17.6. The van der Waals surface area contributed by atoms with Gasteiger partial charge < -0.3 is 9.47 Å². The van der Waals surface area contributed by atoms with E-state index in [0.717, 1.165) is 32.9 Å². The van der Waals surface area contributed by atoms with E-state index < -0.39 is 22.4 Å². The first-order valence-electron chi connectivity index (χ1n) is 19.1. The summed E-state index contributed by atoms with van der Waals surface area (Å²) in [5, 5.41) is 1.53. The van der Waals surface area contributed by atoms with Crippen LogP contribution in [0.5, 0.6) is 11.8 Å². The SMILES string of the molecule is CC(C)(C)c1ccc(C(F)COc2ncnc3ccccc23)cc1.Cc1ccc(S(=O)(=O)OC(COc2ncnc3ccccc23)c2ccc(C(C)(C)C)cc2)cc1. The van der Waals surface area contributed by atoms with Crippen molar-refractivity contribution in [2.24, 2.45) is 0 Å². The largest absolute Gasteiger partial charge is 0.474 e. The van der Waals surface area contributed by atoms with Gasteiger partial charge in [-0.3, -0.25) is 4.18 Å². The first-order chi connectivity index (χ1) is 27.6. The third-order valence-electron chi connectivity index (χ3n) is 9.59. The number of benzene rings is 5. The average Bonchev–Trinajstić information content (AvgIpc) is 3.21. The van der Waals surface area contributed by atoms with Crippen LogP contribution in [-0.4, -0.2) is 41.6 Å². The number of hydrogen-bond acceptors (Lipinski definition) is 9. The predicted octanol–water partition coefficient (Wildman–Crippen LogP) is 10.8. The molecular weight excluding hydrogens is 752 g/mol. The maximum Gasteiger partial charge on any atom is 0.297 e. The zero-order chi connectivity index (χ0) is 41.5. The molecule has 7 rings (SSSR count). The summed E-state index contributed by atoms with van der Waals surface area (Å²) in [6.45, 7) is 14.6. The Bertz CT molecular complexity index is 2540. The molecule has 9 nitrogen and oxygen atoms in total. The van der Waals surface area contributed by atoms with Gasteiger partial charge in [-0.25, -0.2) is 24.3 Å². The van der Waals surface area contributed by atoms with Gasteiger partial charge in [0.15, 0.2) is 6.17 Å². The molecule has 7 aromatic rings. The Kier molecular flexibility index (Phi) is 12.8. The van der Waals surface area contributed by atoms with Crippen LogP contribution in [0, 0.1) is 6.92 Å². The number of fused-ring (bicyclic) bond motifs is 2. The molecule has 0 bridgehead atoms. The lowest BCUT2D eigenvalue weighted by atomic mass is 9.86. The van der Waals surface area contributed by atoms with Crippen molar-refractivity contribution in [2.45, 2.75) is 76.5 Å². The summed E-state index contributed by atoms with van der Waals surface area (Å²) in [7, 11) is -4.02. The minimum atomic E-state index is -4.02. The van der Waals surface area contributed by atoms with Crippen LogP contribution in [0.15, 0.2) is 139 Å². The lowest BCUT2D eigenvalue weighted by Crippen LogP contribution is -2.19. The van der Waals surface area contributed by atoms with Crippen LogP contribution in [0.3, 0.4) is 0 Å². The molecule has 0 radical (unpaired) electrons. The van der Waals surface area contributed by atoms with Crippen molar-refractivity contribution in [1.82, 2.24) is 19.9 Å². The first kappa shape index (κ1) is 41.8. The van der Waals surface area contributed by atoms with Gasteiger partial charge >= 0.3 is 0 Å². The topological polar surface area (TPSA) is 113 Å². The molecule has 2 aromatic heterocycles. The van der Waals surface area contributed by atoms with E-state index in [4.69, 9.17) is 13.7 Å². The lowest BCUT2D eigenvalue weighted by Gasteiger charge is -2.22. The number of para-hydroxylation sites is 2. The van der Waals surface area contributed by atoms with Gasteiger partial charge in [-0.1, -0.05) is 132 Å². The van der Waals surface area contributed by atoms with Crippen molar-refractivity contribution < 1.29 is 26.5 Å². The van der Waals surface area contributed by atoms with Gasteiger partial charge in [0, 0.05) is 0 Å². The summed E-state index contributed by atoms with van der Waals surface area (Å²) in [6.07, 6.45) is 0.791. The molecule has 2 atom stereocenters. The van der Waals surface area contributed by atoms with E-state index in [1.54, 1.807) is 24.3 Å². The third kappa shape index (κ3) is 10.6. The van der Waals surface area contributed by atoms with Crippen LogP contribution in [0.1, 0.15) is 81.6 Å². The molecule has 0 amide bonds. The zero-order valence-corrected chi connectivity index (χ0v) is 34.7. The summed E-state index contributed by atoms with van der Waals surface area (Å²) >= 11 is 0. The maximum atomic E-state index is 14.5. The van der Waals surface area contributed by atoms with Gasteiger partial charge in [0.1, 0.15) is 32.0 Å². The van der Waals surface area contributed by atoms with Gasteiger partial charge in [0.25, 0.3) is 10.1 Å². The molecule has 0 spiro atoms. The number of ether oxygens (including phenoxy) is 2. The van der Waals surface area contributed by atoms with E-state index in [0.29, 0.717) is 22.9 Å². The molecular formula is C47H49FN4O5S. The average molecular weight is 801 g/mol. The van der Waals surface area contributed by atoms with E-state index in [1.807, 2.05) is 104 Å². The van der Waals surface area contributed by atoms with Crippen molar-refractivity contribution in [3.8, 4) is 11.8 Å². The van der Waals surface area contributed by atoms with Gasteiger partial charge in [0.05, 0.1) is 26.7 Å². The highest BCUT2D eigenvalue weighted by Crippen LogP contribution is 2.31. The van der Waals surface area contributed by atoms with Crippen LogP contribution in [-0.2, 0) is 25.1 Å². The van der Waals surface area contributed by atoms with Crippen molar-refractivity contribution >= 4 is 31.9 Å². The van der Waals surface area contributed by atoms with Crippen LogP contribution in [0.2, 0.25) is 0 Å². The lowest BCUT2D eigenvalue weighted by molar-refractivity contribution is 0.133. The Labute approximate surface area is 340 Å². The van der Waals surface area contributed by atoms with E-state index in [9.17, 15) is 12.8 Å². The van der Waals surface area contributed by atoms with Crippen LogP contribution in [0.4, 0.5) is 4.39 Å². The van der Waals surface area contributed by atoms with Crippen LogP contribution >= 0.6 is 0 Å². The van der Waals surface area contributed by atoms with E-state index in [1.165, 1.54) is 18.2 Å². The molecule has 0 saturated heterocycles. The zero-order valence-electron chi connectivity index (χ0n) is 33.9. The van der Waals surface area contributed by atoms with E-state index in [-0.39, 0.29) is 28.9 Å². The molecule has 0 aliphatic heterocycles. The number of rotatable bonds is 11.